The molecule has 2 aromatic heterocycles. The topological polar surface area (TPSA) is 38.9 Å². The Morgan fingerprint density at radius 3 is 2.71 bits per heavy atom. The molecule has 0 saturated heterocycles. The van der Waals surface area contributed by atoms with Crippen molar-refractivity contribution in [3.63, 3.8) is 0 Å². The summed E-state index contributed by atoms with van der Waals surface area (Å²) in [6, 6.07) is 0.817. The number of fused-ring (bicyclic) bond motifs is 1. The highest BCUT2D eigenvalue weighted by Gasteiger charge is 2.32. The Bertz CT molecular complexity index is 803. The second-order valence-corrected chi connectivity index (χ2v) is 5.28. The van der Waals surface area contributed by atoms with Crippen LogP contribution in [0.3, 0.4) is 0 Å². The lowest BCUT2D eigenvalue weighted by molar-refractivity contribution is -0.137. The first-order valence-electron chi connectivity index (χ1n) is 7.30. The van der Waals surface area contributed by atoms with Gasteiger partial charge in [-0.15, -0.1) is 0 Å². The van der Waals surface area contributed by atoms with Crippen LogP contribution in [0.25, 0.3) is 16.8 Å². The summed E-state index contributed by atoms with van der Waals surface area (Å²) in [7, 11) is 0. The van der Waals surface area contributed by atoms with Crippen molar-refractivity contribution in [1.29, 1.82) is 0 Å². The van der Waals surface area contributed by atoms with E-state index in [1.165, 1.54) is 18.2 Å². The van der Waals surface area contributed by atoms with Gasteiger partial charge in [0.05, 0.1) is 11.1 Å². The Morgan fingerprint density at radius 2 is 2.12 bits per heavy atom. The van der Waals surface area contributed by atoms with Gasteiger partial charge in [0, 0.05) is 6.20 Å². The number of nitrogens with zero attached hydrogens (tertiary/aromatic N) is 2. The highest BCUT2D eigenvalue weighted by molar-refractivity contribution is 5.78. The van der Waals surface area contributed by atoms with Gasteiger partial charge in [-0.1, -0.05) is 26.5 Å². The molecule has 1 unspecified atom stereocenters. The van der Waals surface area contributed by atoms with Crippen molar-refractivity contribution in [2.75, 3.05) is 0 Å². The van der Waals surface area contributed by atoms with Crippen LogP contribution in [-0.2, 0) is 6.18 Å². The van der Waals surface area contributed by atoms with Crippen LogP contribution < -0.4 is 0 Å². The zero-order valence-electron chi connectivity index (χ0n) is 13.2. The van der Waals surface area contributed by atoms with E-state index in [0.717, 1.165) is 12.5 Å². The molecule has 2 rings (SSSR count). The molecule has 0 N–H and O–H groups in total. The van der Waals surface area contributed by atoms with Gasteiger partial charge in [0.25, 0.3) is 0 Å². The normalized spacial score (nSPS) is 14.9. The van der Waals surface area contributed by atoms with Crippen LogP contribution in [0.4, 0.5) is 17.6 Å². The second kappa shape index (κ2) is 6.98. The smallest absolute Gasteiger partial charge is 0.417 e. The zero-order valence-corrected chi connectivity index (χ0v) is 13.2. The van der Waals surface area contributed by atoms with E-state index in [9.17, 15) is 17.6 Å². The van der Waals surface area contributed by atoms with Crippen molar-refractivity contribution in [3.8, 4) is 0 Å². The van der Waals surface area contributed by atoms with Crippen molar-refractivity contribution >= 4 is 16.8 Å². The summed E-state index contributed by atoms with van der Waals surface area (Å²) in [6.07, 6.45) is 0.950. The van der Waals surface area contributed by atoms with Crippen molar-refractivity contribution in [1.82, 2.24) is 9.97 Å². The fraction of sp³-hybridized carbons (Fsp3) is 0.294. The Labute approximate surface area is 136 Å². The first kappa shape index (κ1) is 17.9. The summed E-state index contributed by atoms with van der Waals surface area (Å²) in [5.41, 5.74) is -1.12. The van der Waals surface area contributed by atoms with Crippen molar-refractivity contribution < 1.29 is 22.0 Å². The molecule has 0 amide bonds. The summed E-state index contributed by atoms with van der Waals surface area (Å²) in [5.74, 6) is -0.738. The number of aromatic nitrogens is 2. The molecule has 2 heterocycles. The highest BCUT2D eigenvalue weighted by Crippen LogP contribution is 2.32. The van der Waals surface area contributed by atoms with E-state index in [4.69, 9.17) is 4.42 Å². The fourth-order valence-corrected chi connectivity index (χ4v) is 1.92. The number of alkyl halides is 3. The maximum Gasteiger partial charge on any atom is 0.417 e. The predicted octanol–water partition coefficient (Wildman–Crippen LogP) is 5.71. The van der Waals surface area contributed by atoms with E-state index in [0.29, 0.717) is 6.20 Å². The van der Waals surface area contributed by atoms with Gasteiger partial charge in [0.15, 0.2) is 0 Å². The number of oxazole rings is 1. The van der Waals surface area contributed by atoms with Gasteiger partial charge in [-0.05, 0) is 30.6 Å². The summed E-state index contributed by atoms with van der Waals surface area (Å²) < 4.78 is 57.9. The fourth-order valence-electron chi connectivity index (χ4n) is 1.92. The highest BCUT2D eigenvalue weighted by atomic mass is 19.4. The molecule has 2 aromatic rings. The lowest BCUT2D eigenvalue weighted by atomic mass is 10.1. The van der Waals surface area contributed by atoms with Gasteiger partial charge >= 0.3 is 6.18 Å². The third-order valence-corrected chi connectivity index (χ3v) is 3.42. The molecule has 0 aliphatic rings. The molecule has 1 atom stereocenters. The largest absolute Gasteiger partial charge is 0.418 e. The Hall–Kier alpha value is -2.44. The van der Waals surface area contributed by atoms with Gasteiger partial charge in [0.1, 0.15) is 11.3 Å². The third-order valence-electron chi connectivity index (χ3n) is 3.42. The predicted molar refractivity (Wildman–Crippen MR) is 83.6 cm³/mol. The summed E-state index contributed by atoms with van der Waals surface area (Å²) in [6.45, 7) is 7.26. The maximum atomic E-state index is 14.4. The maximum absolute atomic E-state index is 14.4. The number of pyridine rings is 1. The van der Waals surface area contributed by atoms with E-state index in [1.54, 1.807) is 0 Å². The first-order chi connectivity index (χ1) is 11.3. The van der Waals surface area contributed by atoms with E-state index >= 15 is 0 Å². The Balaban J connectivity index is 2.50. The van der Waals surface area contributed by atoms with E-state index in [2.05, 4.69) is 16.5 Å². The van der Waals surface area contributed by atoms with E-state index in [1.807, 2.05) is 13.8 Å². The van der Waals surface area contributed by atoms with Crippen LogP contribution in [0.5, 0.6) is 0 Å². The lowest BCUT2D eigenvalue weighted by Crippen LogP contribution is -2.04. The molecule has 0 aliphatic carbocycles. The lowest BCUT2D eigenvalue weighted by Gasteiger charge is -2.03. The summed E-state index contributed by atoms with van der Waals surface area (Å²) in [4.78, 5) is 7.54. The second-order valence-electron chi connectivity index (χ2n) is 5.28. The number of hydrogen-bond acceptors (Lipinski definition) is 3. The van der Waals surface area contributed by atoms with E-state index < -0.39 is 17.6 Å². The van der Waals surface area contributed by atoms with Gasteiger partial charge in [-0.25, -0.2) is 14.4 Å². The minimum Gasteiger partial charge on any atom is -0.418 e. The molecule has 0 spiro atoms. The standard InChI is InChI=1S/C17H16F4N2O/c1-4-6-12(13(18)7-10(3)5-2)15-23-14-8-11(17(19,20)21)9-22-16(14)24-15/h4,6-10H,1,5H2,2-3H3/b12-6+,13-7+. The van der Waals surface area contributed by atoms with Gasteiger partial charge in [-0.2, -0.15) is 13.2 Å². The van der Waals surface area contributed by atoms with Crippen LogP contribution >= 0.6 is 0 Å². The van der Waals surface area contributed by atoms with Crippen LogP contribution in [0, 0.1) is 5.92 Å². The molecule has 128 valence electrons. The molecule has 0 radical (unpaired) electrons. The number of hydrogen-bond donors (Lipinski definition) is 0. The molecule has 7 heteroatoms. The van der Waals surface area contributed by atoms with Crippen molar-refractivity contribution in [2.24, 2.45) is 5.92 Å². The van der Waals surface area contributed by atoms with Crippen LogP contribution in [0.1, 0.15) is 31.7 Å². The molecule has 0 aromatic carbocycles. The number of rotatable bonds is 5. The zero-order chi connectivity index (χ0) is 17.9. The molecule has 0 aliphatic heterocycles. The van der Waals surface area contributed by atoms with Crippen LogP contribution in [0.15, 0.2) is 47.3 Å². The van der Waals surface area contributed by atoms with Gasteiger partial charge in [0.2, 0.25) is 11.6 Å². The first-order valence-corrected chi connectivity index (χ1v) is 7.30. The minimum atomic E-state index is -4.54. The molecule has 24 heavy (non-hydrogen) atoms. The molecular formula is C17H16F4N2O. The quantitative estimate of drug-likeness (QED) is 0.517. The van der Waals surface area contributed by atoms with E-state index in [-0.39, 0.29) is 28.6 Å². The number of allylic oxidation sites excluding steroid dienone is 5. The molecular weight excluding hydrogens is 324 g/mol. The van der Waals surface area contributed by atoms with Crippen molar-refractivity contribution in [3.05, 3.63) is 54.4 Å². The van der Waals surface area contributed by atoms with Gasteiger partial charge in [-0.3, -0.25) is 0 Å². The average Bonchev–Trinajstić information content (AvgIpc) is 2.93. The Kier molecular flexibility index (Phi) is 5.21. The van der Waals surface area contributed by atoms with Crippen molar-refractivity contribution in [2.45, 2.75) is 26.4 Å². The third kappa shape index (κ3) is 3.90. The van der Waals surface area contributed by atoms with Crippen LogP contribution in [-0.4, -0.2) is 9.97 Å². The van der Waals surface area contributed by atoms with Gasteiger partial charge < -0.3 is 4.42 Å². The average molecular weight is 340 g/mol. The monoisotopic (exact) mass is 340 g/mol. The summed E-state index contributed by atoms with van der Waals surface area (Å²) in [5, 5.41) is 0. The number of halogens is 4. The molecule has 3 nitrogen and oxygen atoms in total. The SMILES string of the molecule is C=C/C=C(\C(F)=C/C(C)CC)c1nc2cc(C(F)(F)F)cnc2o1. The van der Waals surface area contributed by atoms with Crippen LogP contribution in [0.2, 0.25) is 0 Å². The molecule has 0 bridgehead atoms. The molecule has 0 fully saturated rings. The summed E-state index contributed by atoms with van der Waals surface area (Å²) >= 11 is 0. The molecule has 0 saturated carbocycles. The minimum absolute atomic E-state index is 0.0110. The Morgan fingerprint density at radius 1 is 1.42 bits per heavy atom.